The Hall–Kier alpha value is -2.60. The van der Waals surface area contributed by atoms with E-state index < -0.39 is 10.0 Å². The van der Waals surface area contributed by atoms with E-state index in [2.05, 4.69) is 51.4 Å². The molecule has 2 unspecified atom stereocenters. The van der Waals surface area contributed by atoms with Crippen LogP contribution in [0.1, 0.15) is 77.6 Å². The Morgan fingerprint density at radius 3 is 2.29 bits per heavy atom. The molecule has 1 amide bonds. The Bertz CT molecular complexity index is 1350. The number of carbonyl (C=O) groups excluding carboxylic acids is 1. The summed E-state index contributed by atoms with van der Waals surface area (Å²) in [5, 5.41) is 3.45. The predicted octanol–water partition coefficient (Wildman–Crippen LogP) is 3.69. The van der Waals surface area contributed by atoms with Crippen molar-refractivity contribution in [2.45, 2.75) is 83.6 Å². The van der Waals surface area contributed by atoms with Crippen LogP contribution in [0, 0.1) is 20.8 Å². The van der Waals surface area contributed by atoms with Gasteiger partial charge in [-0.1, -0.05) is 29.8 Å². The molecular formula is C31H46N6O4S. The number of rotatable bonds is 8. The number of piperidine rings is 2. The van der Waals surface area contributed by atoms with Crippen LogP contribution in [0.15, 0.2) is 24.3 Å². The Morgan fingerprint density at radius 2 is 1.64 bits per heavy atom. The third-order valence-corrected chi connectivity index (χ3v) is 10.7. The van der Waals surface area contributed by atoms with Crippen molar-refractivity contribution >= 4 is 21.7 Å². The van der Waals surface area contributed by atoms with Gasteiger partial charge >= 0.3 is 0 Å². The van der Waals surface area contributed by atoms with E-state index in [0.717, 1.165) is 57.2 Å². The normalized spacial score (nSPS) is 23.0. The Morgan fingerprint density at radius 1 is 0.976 bits per heavy atom. The SMILES string of the molecule is Cc1ccc(C2CCC(CNc3nc(C)nc(C(=O)N4CCC(N5CCC(N(C)S(C)(=O)=O)CC5)CC4)c3C)O2)cc1. The summed E-state index contributed by atoms with van der Waals surface area (Å²) in [5.41, 5.74) is 3.71. The zero-order chi connectivity index (χ0) is 30.0. The van der Waals surface area contributed by atoms with Crippen LogP contribution in [0.5, 0.6) is 0 Å². The minimum absolute atomic E-state index is 0.0375. The van der Waals surface area contributed by atoms with Gasteiger partial charge in [0.05, 0.1) is 18.5 Å². The summed E-state index contributed by atoms with van der Waals surface area (Å²) >= 11 is 0. The first-order valence-electron chi connectivity index (χ1n) is 15.3. The van der Waals surface area contributed by atoms with E-state index in [-0.39, 0.29) is 24.2 Å². The summed E-state index contributed by atoms with van der Waals surface area (Å²) in [7, 11) is -1.49. The van der Waals surface area contributed by atoms with Crippen molar-refractivity contribution in [2.24, 2.45) is 0 Å². The average Bonchev–Trinajstić information content (AvgIpc) is 3.46. The Balaban J connectivity index is 1.13. The number of amides is 1. The standard InChI is InChI=1S/C31H46N6O4S/c1-21-6-8-24(9-7-21)28-11-10-27(41-28)20-32-30-22(2)29(33-23(3)34-30)31(38)37-18-14-26(15-19-37)36-16-12-25(13-17-36)35(4)42(5,39)40/h6-9,25-28H,10-20H2,1-5H3,(H,32,33,34). The molecule has 2 atom stereocenters. The van der Waals surface area contributed by atoms with E-state index in [9.17, 15) is 13.2 Å². The smallest absolute Gasteiger partial charge is 0.272 e. The second-order valence-corrected chi connectivity index (χ2v) is 14.3. The minimum Gasteiger partial charge on any atom is -0.368 e. The number of benzene rings is 1. The highest BCUT2D eigenvalue weighted by Gasteiger charge is 2.33. The van der Waals surface area contributed by atoms with Gasteiger partial charge in [-0.15, -0.1) is 0 Å². The number of aryl methyl sites for hydroxylation is 2. The molecule has 1 N–H and O–H groups in total. The van der Waals surface area contributed by atoms with Crippen molar-refractivity contribution in [2.75, 3.05) is 51.3 Å². The van der Waals surface area contributed by atoms with E-state index >= 15 is 0 Å². The second kappa shape index (κ2) is 13.0. The highest BCUT2D eigenvalue weighted by atomic mass is 32.2. The van der Waals surface area contributed by atoms with E-state index in [1.54, 1.807) is 7.05 Å². The summed E-state index contributed by atoms with van der Waals surface area (Å²) in [6, 6.07) is 9.04. The number of nitrogens with zero attached hydrogens (tertiary/aromatic N) is 5. The number of sulfonamides is 1. The number of hydrogen-bond acceptors (Lipinski definition) is 8. The topological polar surface area (TPSA) is 108 Å². The highest BCUT2D eigenvalue weighted by Crippen LogP contribution is 2.33. The molecule has 5 rings (SSSR count). The second-order valence-electron chi connectivity index (χ2n) is 12.3. The molecule has 3 saturated heterocycles. The van der Waals surface area contributed by atoms with Gasteiger partial charge in [-0.3, -0.25) is 4.79 Å². The molecule has 1 aromatic heterocycles. The summed E-state index contributed by atoms with van der Waals surface area (Å²) in [4.78, 5) is 27.2. The number of nitrogens with one attached hydrogen (secondary N) is 1. The zero-order valence-electron chi connectivity index (χ0n) is 25.7. The molecule has 11 heteroatoms. The molecule has 1 aromatic carbocycles. The summed E-state index contributed by atoms with van der Waals surface area (Å²) in [6.07, 6.45) is 6.95. The van der Waals surface area contributed by atoms with Gasteiger partial charge in [-0.2, -0.15) is 0 Å². The first-order chi connectivity index (χ1) is 20.0. The number of anilines is 1. The van der Waals surface area contributed by atoms with Gasteiger partial charge in [-0.25, -0.2) is 22.7 Å². The van der Waals surface area contributed by atoms with Crippen molar-refractivity contribution in [1.82, 2.24) is 24.1 Å². The third-order valence-electron chi connectivity index (χ3n) is 9.32. The maximum absolute atomic E-state index is 13.6. The first kappa shape index (κ1) is 30.8. The maximum Gasteiger partial charge on any atom is 0.272 e. The summed E-state index contributed by atoms with van der Waals surface area (Å²) in [5.74, 6) is 1.24. The van der Waals surface area contributed by atoms with Crippen LogP contribution in [0.25, 0.3) is 0 Å². The lowest BCUT2D eigenvalue weighted by atomic mass is 9.97. The van der Waals surface area contributed by atoms with Gasteiger partial charge < -0.3 is 19.9 Å². The lowest BCUT2D eigenvalue weighted by Gasteiger charge is -2.43. The van der Waals surface area contributed by atoms with Crippen molar-refractivity contribution in [3.63, 3.8) is 0 Å². The van der Waals surface area contributed by atoms with Crippen LogP contribution in [0.4, 0.5) is 5.82 Å². The van der Waals surface area contributed by atoms with E-state index in [4.69, 9.17) is 4.74 Å². The lowest BCUT2D eigenvalue weighted by Crippen LogP contribution is -2.52. The zero-order valence-corrected chi connectivity index (χ0v) is 26.5. The van der Waals surface area contributed by atoms with Crippen LogP contribution in [-0.4, -0.2) is 103 Å². The van der Waals surface area contributed by atoms with Crippen molar-refractivity contribution < 1.29 is 17.9 Å². The van der Waals surface area contributed by atoms with Crippen molar-refractivity contribution in [3.8, 4) is 0 Å². The summed E-state index contributed by atoms with van der Waals surface area (Å²) in [6.45, 7) is 9.63. The number of hydrogen-bond donors (Lipinski definition) is 1. The first-order valence-corrected chi connectivity index (χ1v) is 17.1. The molecule has 42 heavy (non-hydrogen) atoms. The van der Waals surface area contributed by atoms with Gasteiger partial charge in [-0.05, 0) is 77.9 Å². The van der Waals surface area contributed by atoms with Gasteiger partial charge in [0.15, 0.2) is 0 Å². The number of likely N-dealkylation sites (tertiary alicyclic amines) is 2. The number of ether oxygens (including phenoxy) is 1. The quantitative estimate of drug-likeness (QED) is 0.490. The summed E-state index contributed by atoms with van der Waals surface area (Å²) < 4.78 is 31.7. The minimum atomic E-state index is -3.17. The molecule has 230 valence electrons. The van der Waals surface area contributed by atoms with Gasteiger partial charge in [0, 0.05) is 44.3 Å². The van der Waals surface area contributed by atoms with E-state index in [1.807, 2.05) is 18.7 Å². The Labute approximate surface area is 250 Å². The monoisotopic (exact) mass is 598 g/mol. The molecule has 3 aliphatic rings. The molecule has 3 aliphatic heterocycles. The molecule has 3 fully saturated rings. The number of aromatic nitrogens is 2. The molecule has 0 spiro atoms. The predicted molar refractivity (Wildman–Crippen MR) is 164 cm³/mol. The van der Waals surface area contributed by atoms with Gasteiger partial charge in [0.1, 0.15) is 17.3 Å². The van der Waals surface area contributed by atoms with Gasteiger partial charge in [0.25, 0.3) is 5.91 Å². The lowest BCUT2D eigenvalue weighted by molar-refractivity contribution is 0.0521. The van der Waals surface area contributed by atoms with Crippen LogP contribution in [0.3, 0.4) is 0 Å². The largest absolute Gasteiger partial charge is 0.368 e. The van der Waals surface area contributed by atoms with Crippen molar-refractivity contribution in [1.29, 1.82) is 0 Å². The van der Waals surface area contributed by atoms with E-state index in [0.29, 0.717) is 43.0 Å². The maximum atomic E-state index is 13.6. The highest BCUT2D eigenvalue weighted by molar-refractivity contribution is 7.88. The van der Waals surface area contributed by atoms with Crippen molar-refractivity contribution in [3.05, 3.63) is 52.5 Å². The molecule has 10 nitrogen and oxygen atoms in total. The molecule has 0 radical (unpaired) electrons. The third kappa shape index (κ3) is 7.12. The molecule has 0 bridgehead atoms. The van der Waals surface area contributed by atoms with Crippen LogP contribution in [-0.2, 0) is 14.8 Å². The molecule has 2 aromatic rings. The fourth-order valence-electron chi connectivity index (χ4n) is 6.57. The Kier molecular flexibility index (Phi) is 9.51. The molecular weight excluding hydrogens is 552 g/mol. The average molecular weight is 599 g/mol. The van der Waals surface area contributed by atoms with Crippen LogP contribution < -0.4 is 5.32 Å². The van der Waals surface area contributed by atoms with Crippen LogP contribution in [0.2, 0.25) is 0 Å². The fraction of sp³-hybridized carbons (Fsp3) is 0.645. The number of carbonyl (C=O) groups is 1. The van der Waals surface area contributed by atoms with Crippen LogP contribution >= 0.6 is 0 Å². The molecule has 0 aliphatic carbocycles. The van der Waals surface area contributed by atoms with Gasteiger partial charge in [0.2, 0.25) is 10.0 Å². The van der Waals surface area contributed by atoms with E-state index in [1.165, 1.54) is 21.7 Å². The molecule has 0 saturated carbocycles. The fourth-order valence-corrected chi connectivity index (χ4v) is 7.32. The molecule has 4 heterocycles.